The fourth-order valence-corrected chi connectivity index (χ4v) is 8.30. The van der Waals surface area contributed by atoms with Gasteiger partial charge in [-0.3, -0.25) is 0 Å². The third-order valence-electron chi connectivity index (χ3n) is 9.95. The zero-order valence-electron chi connectivity index (χ0n) is 17.2. The lowest BCUT2D eigenvalue weighted by Gasteiger charge is -2.63. The molecule has 1 heterocycles. The molecule has 8 atom stereocenters. The minimum atomic E-state index is -0.638. The lowest BCUT2D eigenvalue weighted by atomic mass is 9.43. The number of fused-ring (bicyclic) bond motifs is 5. The predicted molar refractivity (Wildman–Crippen MR) is 107 cm³/mol. The van der Waals surface area contributed by atoms with Crippen molar-refractivity contribution in [1.82, 2.24) is 0 Å². The molecule has 1 aromatic heterocycles. The van der Waals surface area contributed by atoms with Gasteiger partial charge in [0, 0.05) is 11.5 Å². The van der Waals surface area contributed by atoms with E-state index in [0.29, 0.717) is 17.8 Å². The molecular weight excluding hydrogens is 352 g/mol. The van der Waals surface area contributed by atoms with Gasteiger partial charge in [-0.1, -0.05) is 13.8 Å². The molecule has 2 N–H and O–H groups in total. The largest absolute Gasteiger partial charge is 0.431 e. The average Bonchev–Trinajstić information content (AvgIpc) is 2.95. The third kappa shape index (κ3) is 2.40. The number of aliphatic hydroxyl groups is 2. The fraction of sp³-hybridized carbons (Fsp3) is 0.792. The van der Waals surface area contributed by atoms with E-state index in [1.54, 1.807) is 6.26 Å². The van der Waals surface area contributed by atoms with Gasteiger partial charge < -0.3 is 14.6 Å². The molecule has 1 unspecified atom stereocenters. The maximum Gasteiger partial charge on any atom is 0.335 e. The van der Waals surface area contributed by atoms with Crippen LogP contribution in [0.15, 0.2) is 27.6 Å². The Kier molecular flexibility index (Phi) is 4.17. The molecule has 0 spiro atoms. The average molecular weight is 387 g/mol. The van der Waals surface area contributed by atoms with Gasteiger partial charge in [-0.05, 0) is 98.5 Å². The van der Waals surface area contributed by atoms with Gasteiger partial charge in [-0.25, -0.2) is 4.79 Å². The van der Waals surface area contributed by atoms with Gasteiger partial charge in [-0.2, -0.15) is 0 Å². The first kappa shape index (κ1) is 18.9. The van der Waals surface area contributed by atoms with Crippen LogP contribution in [-0.2, 0) is 0 Å². The maximum absolute atomic E-state index is 12.2. The quantitative estimate of drug-likeness (QED) is 0.757. The van der Waals surface area contributed by atoms with Crippen molar-refractivity contribution in [3.8, 4) is 0 Å². The molecule has 0 aliphatic heterocycles. The SMILES string of the molecule is C[C@]12CC[C@H](O)C[C@H]1CC[C@@H]1[C@@H]2CC[C@]2(C)[C@@H](c3ccc(=O)oc3)CCC12O. The van der Waals surface area contributed by atoms with Crippen LogP contribution in [0.2, 0.25) is 0 Å². The molecule has 0 bridgehead atoms. The lowest BCUT2D eigenvalue weighted by molar-refractivity contribution is -0.205. The van der Waals surface area contributed by atoms with Gasteiger partial charge in [0.15, 0.2) is 0 Å². The van der Waals surface area contributed by atoms with Crippen LogP contribution in [0.1, 0.15) is 83.1 Å². The number of aliphatic hydroxyl groups excluding tert-OH is 1. The molecule has 4 heteroatoms. The molecule has 28 heavy (non-hydrogen) atoms. The first-order chi connectivity index (χ1) is 13.3. The van der Waals surface area contributed by atoms with Crippen molar-refractivity contribution in [2.75, 3.05) is 0 Å². The molecule has 0 radical (unpaired) electrons. The van der Waals surface area contributed by atoms with E-state index in [4.69, 9.17) is 4.42 Å². The van der Waals surface area contributed by atoms with Crippen LogP contribution in [-0.4, -0.2) is 21.9 Å². The van der Waals surface area contributed by atoms with Crippen LogP contribution >= 0.6 is 0 Å². The van der Waals surface area contributed by atoms with Gasteiger partial charge in [0.1, 0.15) is 0 Å². The Morgan fingerprint density at radius 2 is 1.82 bits per heavy atom. The van der Waals surface area contributed by atoms with Crippen LogP contribution in [0.4, 0.5) is 0 Å². The Labute approximate surface area is 167 Å². The van der Waals surface area contributed by atoms with Crippen molar-refractivity contribution in [3.05, 3.63) is 34.4 Å². The third-order valence-corrected chi connectivity index (χ3v) is 9.95. The number of hydrogen-bond donors (Lipinski definition) is 2. The van der Waals surface area contributed by atoms with Crippen molar-refractivity contribution < 1.29 is 14.6 Å². The predicted octanol–water partition coefficient (Wildman–Crippen LogP) is 4.24. The molecule has 0 amide bonds. The number of rotatable bonds is 1. The molecule has 0 saturated heterocycles. The normalized spacial score (nSPS) is 50.5. The Morgan fingerprint density at radius 1 is 1.00 bits per heavy atom. The van der Waals surface area contributed by atoms with E-state index in [1.807, 2.05) is 6.07 Å². The van der Waals surface area contributed by atoms with Gasteiger partial charge in [0.2, 0.25) is 0 Å². The summed E-state index contributed by atoms with van der Waals surface area (Å²) in [6, 6.07) is 3.42. The van der Waals surface area contributed by atoms with Crippen LogP contribution in [0, 0.1) is 28.6 Å². The summed E-state index contributed by atoms with van der Waals surface area (Å²) in [5.74, 6) is 1.76. The topological polar surface area (TPSA) is 70.7 Å². The summed E-state index contributed by atoms with van der Waals surface area (Å²) in [4.78, 5) is 11.4. The van der Waals surface area contributed by atoms with E-state index in [2.05, 4.69) is 13.8 Å². The summed E-state index contributed by atoms with van der Waals surface area (Å²) in [6.45, 7) is 4.73. The van der Waals surface area contributed by atoms with Gasteiger partial charge in [0.05, 0.1) is 18.0 Å². The van der Waals surface area contributed by atoms with Gasteiger partial charge >= 0.3 is 5.63 Å². The van der Waals surface area contributed by atoms with Crippen LogP contribution in [0.5, 0.6) is 0 Å². The molecule has 4 aliphatic carbocycles. The monoisotopic (exact) mass is 386 g/mol. The van der Waals surface area contributed by atoms with Crippen molar-refractivity contribution in [2.45, 2.75) is 89.3 Å². The molecule has 4 fully saturated rings. The Balaban J connectivity index is 1.48. The zero-order chi connectivity index (χ0) is 19.7. The van der Waals surface area contributed by atoms with Crippen LogP contribution < -0.4 is 5.63 Å². The van der Waals surface area contributed by atoms with E-state index in [-0.39, 0.29) is 28.5 Å². The Bertz CT molecular complexity index is 797. The summed E-state index contributed by atoms with van der Waals surface area (Å²) in [5.41, 5.74) is 0.219. The van der Waals surface area contributed by atoms with Crippen LogP contribution in [0.3, 0.4) is 0 Å². The molecular formula is C24H34O4. The highest BCUT2D eigenvalue weighted by Crippen LogP contribution is 2.70. The smallest absolute Gasteiger partial charge is 0.335 e. The zero-order valence-corrected chi connectivity index (χ0v) is 17.2. The van der Waals surface area contributed by atoms with E-state index in [9.17, 15) is 15.0 Å². The first-order valence-corrected chi connectivity index (χ1v) is 11.3. The van der Waals surface area contributed by atoms with Crippen molar-refractivity contribution in [2.24, 2.45) is 28.6 Å². The molecule has 5 rings (SSSR count). The highest BCUT2D eigenvalue weighted by Gasteiger charge is 2.67. The molecule has 0 aromatic carbocycles. The summed E-state index contributed by atoms with van der Waals surface area (Å²) >= 11 is 0. The highest BCUT2D eigenvalue weighted by atomic mass is 16.4. The summed E-state index contributed by atoms with van der Waals surface area (Å²) in [7, 11) is 0. The molecule has 4 nitrogen and oxygen atoms in total. The lowest BCUT2D eigenvalue weighted by Crippen LogP contribution is -2.62. The van der Waals surface area contributed by atoms with E-state index in [0.717, 1.165) is 56.9 Å². The molecule has 4 aliphatic rings. The molecule has 4 saturated carbocycles. The second-order valence-corrected chi connectivity index (χ2v) is 10.8. The van der Waals surface area contributed by atoms with E-state index >= 15 is 0 Å². The van der Waals surface area contributed by atoms with Crippen molar-refractivity contribution >= 4 is 0 Å². The highest BCUT2D eigenvalue weighted by molar-refractivity contribution is 5.27. The van der Waals surface area contributed by atoms with Gasteiger partial charge in [-0.15, -0.1) is 0 Å². The maximum atomic E-state index is 12.2. The summed E-state index contributed by atoms with van der Waals surface area (Å²) in [5, 5.41) is 22.4. The van der Waals surface area contributed by atoms with Gasteiger partial charge in [0.25, 0.3) is 0 Å². The summed E-state index contributed by atoms with van der Waals surface area (Å²) < 4.78 is 5.17. The Morgan fingerprint density at radius 3 is 2.57 bits per heavy atom. The van der Waals surface area contributed by atoms with Crippen molar-refractivity contribution in [1.29, 1.82) is 0 Å². The number of hydrogen-bond acceptors (Lipinski definition) is 4. The fourth-order valence-electron chi connectivity index (χ4n) is 8.30. The van der Waals surface area contributed by atoms with Crippen LogP contribution in [0.25, 0.3) is 0 Å². The minimum Gasteiger partial charge on any atom is -0.431 e. The standard InChI is InChI=1S/C24H34O4/c1-22-10-7-17(25)13-16(22)4-5-20-19(22)8-11-23(2)18(9-12-24(20,23)27)15-3-6-21(26)28-14-15/h3,6,14,16-20,25,27H,4-5,7-13H2,1-2H3/t16-,17+,18-,19+,20-,22+,23-,24?/m1/s1. The second-order valence-electron chi connectivity index (χ2n) is 10.8. The van der Waals surface area contributed by atoms with Crippen molar-refractivity contribution in [3.63, 3.8) is 0 Å². The second kappa shape index (κ2) is 6.18. The summed E-state index contributed by atoms with van der Waals surface area (Å²) in [6.07, 6.45) is 10.7. The van der Waals surface area contributed by atoms with E-state index in [1.165, 1.54) is 12.5 Å². The molecule has 1 aromatic rings. The van der Waals surface area contributed by atoms with E-state index < -0.39 is 5.60 Å². The molecule has 154 valence electrons. The Hall–Kier alpha value is -1.13. The minimum absolute atomic E-state index is 0.129. The first-order valence-electron chi connectivity index (χ1n) is 11.3.